The van der Waals surface area contributed by atoms with Crippen molar-refractivity contribution in [3.05, 3.63) is 4.73 Å². The number of rotatable bonds is 2. The van der Waals surface area contributed by atoms with Gasteiger partial charge in [-0.15, -0.1) is 0 Å². The normalized spacial score (nSPS) is 26.4. The fourth-order valence-corrected chi connectivity index (χ4v) is 2.85. The van der Waals surface area contributed by atoms with Gasteiger partial charge in [-0.2, -0.15) is 9.97 Å². The Bertz CT molecular complexity index is 662. The van der Waals surface area contributed by atoms with Gasteiger partial charge in [-0.1, -0.05) is 0 Å². The van der Waals surface area contributed by atoms with Crippen LogP contribution in [0.1, 0.15) is 12.6 Å². The number of fused-ring (bicyclic) bond motifs is 1. The summed E-state index contributed by atoms with van der Waals surface area (Å²) in [5.74, 6) is 0.199. The second-order valence-corrected chi connectivity index (χ2v) is 5.21. The highest BCUT2D eigenvalue weighted by molar-refractivity contribution is 9.10. The summed E-state index contributed by atoms with van der Waals surface area (Å²) < 4.78 is 7.65. The molecular formula is C10H13BrN6O3. The molecule has 9 nitrogen and oxygen atoms in total. The van der Waals surface area contributed by atoms with Crippen molar-refractivity contribution >= 4 is 38.9 Å². The number of imidazole rings is 1. The van der Waals surface area contributed by atoms with Gasteiger partial charge in [-0.05, 0) is 15.9 Å². The number of nitrogens with two attached hydrogens (primary N) is 2. The van der Waals surface area contributed by atoms with E-state index in [1.54, 1.807) is 4.57 Å². The van der Waals surface area contributed by atoms with E-state index in [9.17, 15) is 5.11 Å². The average molecular weight is 345 g/mol. The van der Waals surface area contributed by atoms with Crippen LogP contribution in [-0.4, -0.2) is 48.5 Å². The fraction of sp³-hybridized carbons (Fsp3) is 0.500. The average Bonchev–Trinajstić information content (AvgIpc) is 2.89. The molecule has 0 amide bonds. The highest BCUT2D eigenvalue weighted by Crippen LogP contribution is 2.34. The maximum Gasteiger partial charge on any atom is 0.224 e. The van der Waals surface area contributed by atoms with Gasteiger partial charge in [-0.3, -0.25) is 4.57 Å². The van der Waals surface area contributed by atoms with Gasteiger partial charge in [-0.25, -0.2) is 4.98 Å². The first kappa shape index (κ1) is 13.5. The summed E-state index contributed by atoms with van der Waals surface area (Å²) in [4.78, 5) is 12.2. The molecule has 2 aromatic heterocycles. The second-order valence-electron chi connectivity index (χ2n) is 4.50. The lowest BCUT2D eigenvalue weighted by atomic mass is 10.2. The molecule has 1 saturated heterocycles. The monoisotopic (exact) mass is 344 g/mol. The van der Waals surface area contributed by atoms with E-state index in [1.165, 1.54) is 0 Å². The third kappa shape index (κ3) is 2.00. The topological polar surface area (TPSA) is 145 Å². The van der Waals surface area contributed by atoms with Crippen LogP contribution in [0.5, 0.6) is 0 Å². The minimum Gasteiger partial charge on any atom is -0.394 e. The lowest BCUT2D eigenvalue weighted by molar-refractivity contribution is -0.0439. The minimum absolute atomic E-state index is 0.0286. The molecule has 3 rings (SSSR count). The van der Waals surface area contributed by atoms with Gasteiger partial charge in [0.1, 0.15) is 12.3 Å². The van der Waals surface area contributed by atoms with Crippen molar-refractivity contribution in [3.8, 4) is 0 Å². The fourth-order valence-electron chi connectivity index (χ4n) is 2.28. The molecule has 0 radical (unpaired) electrons. The van der Waals surface area contributed by atoms with Crippen molar-refractivity contribution in [1.82, 2.24) is 19.5 Å². The Kier molecular flexibility index (Phi) is 3.24. The molecule has 0 unspecified atom stereocenters. The largest absolute Gasteiger partial charge is 0.394 e. The summed E-state index contributed by atoms with van der Waals surface area (Å²) in [5, 5.41) is 18.9. The number of nitrogens with zero attached hydrogens (tertiary/aromatic N) is 4. The van der Waals surface area contributed by atoms with E-state index < -0.39 is 18.4 Å². The van der Waals surface area contributed by atoms with E-state index in [0.717, 1.165) is 0 Å². The molecular weight excluding hydrogens is 332 g/mol. The molecule has 0 bridgehead atoms. The Labute approximate surface area is 121 Å². The predicted molar refractivity (Wildman–Crippen MR) is 73.5 cm³/mol. The number of nitrogen functional groups attached to an aromatic ring is 2. The molecule has 2 aromatic rings. The molecule has 3 atom stereocenters. The minimum atomic E-state index is -0.758. The van der Waals surface area contributed by atoms with Crippen molar-refractivity contribution in [1.29, 1.82) is 0 Å². The first-order valence-electron chi connectivity index (χ1n) is 5.92. The Morgan fingerprint density at radius 1 is 1.35 bits per heavy atom. The predicted octanol–water partition coefficient (Wildman–Crippen LogP) is -0.606. The number of hydrogen-bond acceptors (Lipinski definition) is 8. The van der Waals surface area contributed by atoms with E-state index in [1.807, 2.05) is 0 Å². The zero-order valence-electron chi connectivity index (χ0n) is 10.3. The standard InChI is InChI=1S/C10H13BrN6O3/c11-9-14-6-7(12)15-10(13)16-8(6)17(9)5-1-3(19)4(2-18)20-5/h3-5,18-19H,1-2H2,(H4,12,13,15,16)/t3-,4+,5+/m0/s1. The Morgan fingerprint density at radius 2 is 2.10 bits per heavy atom. The lowest BCUT2D eigenvalue weighted by Gasteiger charge is -2.14. The van der Waals surface area contributed by atoms with Gasteiger partial charge in [0.15, 0.2) is 21.7 Å². The smallest absolute Gasteiger partial charge is 0.224 e. The zero-order valence-corrected chi connectivity index (χ0v) is 11.9. The van der Waals surface area contributed by atoms with Gasteiger partial charge in [0.2, 0.25) is 5.95 Å². The van der Waals surface area contributed by atoms with Crippen LogP contribution in [-0.2, 0) is 4.74 Å². The van der Waals surface area contributed by atoms with Crippen molar-refractivity contribution < 1.29 is 14.9 Å². The molecule has 0 aromatic carbocycles. The van der Waals surface area contributed by atoms with Gasteiger partial charge in [0.25, 0.3) is 0 Å². The van der Waals surface area contributed by atoms with Gasteiger partial charge < -0.3 is 26.4 Å². The number of aromatic nitrogens is 4. The van der Waals surface area contributed by atoms with Crippen LogP contribution in [0.3, 0.4) is 0 Å². The number of halogens is 1. The molecule has 0 saturated carbocycles. The van der Waals surface area contributed by atoms with E-state index >= 15 is 0 Å². The second kappa shape index (κ2) is 4.81. The van der Waals surface area contributed by atoms with Crippen LogP contribution in [0.25, 0.3) is 11.2 Å². The highest BCUT2D eigenvalue weighted by atomic mass is 79.9. The molecule has 10 heteroatoms. The summed E-state index contributed by atoms with van der Waals surface area (Å²) in [6.45, 7) is -0.263. The van der Waals surface area contributed by atoms with Crippen LogP contribution in [0.4, 0.5) is 11.8 Å². The maximum atomic E-state index is 9.81. The van der Waals surface area contributed by atoms with Crippen molar-refractivity contribution in [2.75, 3.05) is 18.1 Å². The summed E-state index contributed by atoms with van der Waals surface area (Å²) in [6.07, 6.45) is -1.61. The summed E-state index contributed by atoms with van der Waals surface area (Å²) >= 11 is 3.30. The quantitative estimate of drug-likeness (QED) is 0.528. The molecule has 0 aliphatic carbocycles. The number of aliphatic hydroxyl groups excluding tert-OH is 2. The molecule has 3 heterocycles. The molecule has 1 aliphatic rings. The van der Waals surface area contributed by atoms with E-state index in [-0.39, 0.29) is 18.4 Å². The summed E-state index contributed by atoms with van der Waals surface area (Å²) in [7, 11) is 0. The molecule has 20 heavy (non-hydrogen) atoms. The summed E-state index contributed by atoms with van der Waals surface area (Å²) in [5.41, 5.74) is 12.2. The van der Waals surface area contributed by atoms with Crippen molar-refractivity contribution in [2.45, 2.75) is 24.9 Å². The van der Waals surface area contributed by atoms with Crippen LogP contribution in [0.2, 0.25) is 0 Å². The van der Waals surface area contributed by atoms with E-state index in [4.69, 9.17) is 21.3 Å². The molecule has 0 spiro atoms. The van der Waals surface area contributed by atoms with Crippen LogP contribution in [0, 0.1) is 0 Å². The lowest BCUT2D eigenvalue weighted by Crippen LogP contribution is -2.24. The Morgan fingerprint density at radius 3 is 2.75 bits per heavy atom. The molecule has 1 aliphatic heterocycles. The molecule has 6 N–H and O–H groups in total. The first-order valence-corrected chi connectivity index (χ1v) is 6.71. The number of anilines is 2. The van der Waals surface area contributed by atoms with Crippen LogP contribution < -0.4 is 11.5 Å². The van der Waals surface area contributed by atoms with Gasteiger partial charge >= 0.3 is 0 Å². The van der Waals surface area contributed by atoms with E-state index in [2.05, 4.69) is 30.9 Å². The number of aliphatic hydroxyl groups is 2. The first-order chi connectivity index (χ1) is 9.51. The summed E-state index contributed by atoms with van der Waals surface area (Å²) in [6, 6.07) is 0. The number of hydrogen-bond donors (Lipinski definition) is 4. The third-order valence-corrected chi connectivity index (χ3v) is 3.77. The van der Waals surface area contributed by atoms with Crippen LogP contribution >= 0.6 is 15.9 Å². The van der Waals surface area contributed by atoms with Crippen molar-refractivity contribution in [2.24, 2.45) is 0 Å². The zero-order chi connectivity index (χ0) is 14.4. The SMILES string of the molecule is Nc1nc(N)c2nc(Br)n([C@H]3C[C@H](O)[C@@H](CO)O3)c2n1. The van der Waals surface area contributed by atoms with Gasteiger partial charge in [0.05, 0.1) is 12.7 Å². The third-order valence-electron chi connectivity index (χ3n) is 3.21. The van der Waals surface area contributed by atoms with Crippen molar-refractivity contribution in [3.63, 3.8) is 0 Å². The van der Waals surface area contributed by atoms with Gasteiger partial charge in [0, 0.05) is 6.42 Å². The maximum absolute atomic E-state index is 9.81. The highest BCUT2D eigenvalue weighted by Gasteiger charge is 2.36. The molecule has 108 valence electrons. The molecule has 1 fully saturated rings. The van der Waals surface area contributed by atoms with E-state index in [0.29, 0.717) is 22.3 Å². The Balaban J connectivity index is 2.10. The van der Waals surface area contributed by atoms with Crippen LogP contribution in [0.15, 0.2) is 4.73 Å². The number of ether oxygens (including phenoxy) is 1. The Hall–Kier alpha value is -1.49.